The second-order valence-corrected chi connectivity index (χ2v) is 8.59. The fraction of sp³-hybridized carbons (Fsp3) is 0.333. The van der Waals surface area contributed by atoms with E-state index in [1.54, 1.807) is 0 Å². The van der Waals surface area contributed by atoms with Gasteiger partial charge < -0.3 is 20.3 Å². The van der Waals surface area contributed by atoms with E-state index in [0.29, 0.717) is 17.8 Å². The second-order valence-electron chi connectivity index (χ2n) is 7.17. The lowest BCUT2D eigenvalue weighted by Gasteiger charge is -2.37. The van der Waals surface area contributed by atoms with Crippen LogP contribution in [0, 0.1) is 0 Å². The zero-order valence-electron chi connectivity index (χ0n) is 16.6. The Balaban J connectivity index is 1.50. The minimum atomic E-state index is -0.503. The smallest absolute Gasteiger partial charge is 0.338 e. The second kappa shape index (κ2) is 9.07. The number of thiophene rings is 1. The number of nitrogens with zero attached hydrogens (tertiary/aromatic N) is 2. The molecule has 2 N–H and O–H groups in total. The summed E-state index contributed by atoms with van der Waals surface area (Å²) in [5.41, 5.74) is 2.20. The number of anilines is 1. The summed E-state index contributed by atoms with van der Waals surface area (Å²) in [4.78, 5) is 30.3. The molecule has 0 bridgehead atoms. The summed E-state index contributed by atoms with van der Waals surface area (Å²) in [6.07, 6.45) is 0. The van der Waals surface area contributed by atoms with E-state index < -0.39 is 12.0 Å². The first kappa shape index (κ1) is 20.7. The Labute approximate surface area is 184 Å². The Morgan fingerprint density at radius 1 is 1.20 bits per heavy atom. The lowest BCUT2D eigenvalue weighted by Crippen LogP contribution is -2.51. The average molecular weight is 447 g/mol. The van der Waals surface area contributed by atoms with E-state index in [0.717, 1.165) is 41.8 Å². The zero-order chi connectivity index (χ0) is 21.1. The molecule has 4 rings (SSSR count). The predicted octanol–water partition coefficient (Wildman–Crippen LogP) is 3.00. The number of methoxy groups -OCH3 is 1. The van der Waals surface area contributed by atoms with Crippen LogP contribution in [0.1, 0.15) is 10.9 Å². The van der Waals surface area contributed by atoms with Crippen molar-refractivity contribution < 1.29 is 14.3 Å². The molecular weight excluding hydrogens is 424 g/mol. The number of hydrogen-bond donors (Lipinski definition) is 2. The molecule has 0 saturated carbocycles. The van der Waals surface area contributed by atoms with Crippen LogP contribution in [0.4, 0.5) is 10.5 Å². The van der Waals surface area contributed by atoms with Crippen LogP contribution in [0.3, 0.4) is 0 Å². The molecule has 7 nitrogen and oxygen atoms in total. The summed E-state index contributed by atoms with van der Waals surface area (Å²) in [6.45, 7) is 3.81. The topological polar surface area (TPSA) is 73.9 Å². The van der Waals surface area contributed by atoms with Crippen molar-refractivity contribution in [2.45, 2.75) is 6.04 Å². The van der Waals surface area contributed by atoms with E-state index in [-0.39, 0.29) is 6.03 Å². The molecule has 0 unspecified atom stereocenters. The van der Waals surface area contributed by atoms with Gasteiger partial charge in [0.05, 0.1) is 18.7 Å². The SMILES string of the molecule is COC(=O)C1=C(CN2CCN(c3ccc(Cl)cc3)CC2)NC(=O)N[C@@H]1c1cccs1. The van der Waals surface area contributed by atoms with Crippen molar-refractivity contribution >= 4 is 40.6 Å². The number of esters is 1. The van der Waals surface area contributed by atoms with Gasteiger partial charge in [-0.15, -0.1) is 11.3 Å². The van der Waals surface area contributed by atoms with Crippen LogP contribution < -0.4 is 15.5 Å². The standard InChI is InChI=1S/C21H23ClN4O3S/c1-29-20(27)18-16(23-21(28)24-19(18)17-3-2-12-30-17)13-25-8-10-26(11-9-25)15-6-4-14(22)5-7-15/h2-7,12,19H,8-11,13H2,1H3,(H2,23,24,28)/t19-/m1/s1. The number of carbonyl (C=O) groups is 2. The molecule has 158 valence electrons. The summed E-state index contributed by atoms with van der Waals surface area (Å²) in [6, 6.07) is 10.8. The maximum absolute atomic E-state index is 12.6. The predicted molar refractivity (Wildman–Crippen MR) is 118 cm³/mol. The van der Waals surface area contributed by atoms with Gasteiger partial charge in [0, 0.05) is 54.0 Å². The van der Waals surface area contributed by atoms with Crippen molar-refractivity contribution in [3.63, 3.8) is 0 Å². The fourth-order valence-electron chi connectivity index (χ4n) is 3.80. The molecule has 1 saturated heterocycles. The van der Waals surface area contributed by atoms with Crippen molar-refractivity contribution in [2.24, 2.45) is 0 Å². The van der Waals surface area contributed by atoms with Gasteiger partial charge in [-0.1, -0.05) is 17.7 Å². The third kappa shape index (κ3) is 4.45. The van der Waals surface area contributed by atoms with Crippen LogP contribution in [-0.2, 0) is 9.53 Å². The minimum Gasteiger partial charge on any atom is -0.466 e. The summed E-state index contributed by atoms with van der Waals surface area (Å²) in [5.74, 6) is -0.435. The summed E-state index contributed by atoms with van der Waals surface area (Å²) in [5, 5.41) is 8.33. The number of piperazine rings is 1. The number of amides is 2. The van der Waals surface area contributed by atoms with E-state index in [2.05, 4.69) is 20.4 Å². The van der Waals surface area contributed by atoms with Gasteiger partial charge in [-0.2, -0.15) is 0 Å². The van der Waals surface area contributed by atoms with Crippen molar-refractivity contribution in [3.05, 3.63) is 62.9 Å². The van der Waals surface area contributed by atoms with Gasteiger partial charge in [0.15, 0.2) is 0 Å². The van der Waals surface area contributed by atoms with Crippen LogP contribution in [0.5, 0.6) is 0 Å². The molecule has 2 aliphatic heterocycles. The maximum Gasteiger partial charge on any atom is 0.338 e. The van der Waals surface area contributed by atoms with E-state index in [4.69, 9.17) is 16.3 Å². The van der Waals surface area contributed by atoms with Gasteiger partial charge in [-0.05, 0) is 35.7 Å². The lowest BCUT2D eigenvalue weighted by atomic mass is 10.0. The monoisotopic (exact) mass is 446 g/mol. The molecule has 3 heterocycles. The third-order valence-electron chi connectivity index (χ3n) is 5.33. The fourth-order valence-corrected chi connectivity index (χ4v) is 4.71. The number of ether oxygens (including phenoxy) is 1. The Kier molecular flexibility index (Phi) is 6.26. The Bertz CT molecular complexity index is 938. The highest BCUT2D eigenvalue weighted by molar-refractivity contribution is 7.10. The van der Waals surface area contributed by atoms with Crippen LogP contribution in [0.25, 0.3) is 0 Å². The van der Waals surface area contributed by atoms with Gasteiger partial charge in [0.2, 0.25) is 0 Å². The first-order valence-electron chi connectivity index (χ1n) is 9.70. The molecule has 1 fully saturated rings. The number of rotatable bonds is 5. The van der Waals surface area contributed by atoms with Crippen LogP contribution in [0.2, 0.25) is 5.02 Å². The zero-order valence-corrected chi connectivity index (χ0v) is 18.1. The van der Waals surface area contributed by atoms with E-state index in [1.165, 1.54) is 18.4 Å². The van der Waals surface area contributed by atoms with Crippen molar-refractivity contribution in [1.29, 1.82) is 0 Å². The summed E-state index contributed by atoms with van der Waals surface area (Å²) < 4.78 is 5.04. The molecule has 9 heteroatoms. The van der Waals surface area contributed by atoms with Crippen LogP contribution >= 0.6 is 22.9 Å². The Hall–Kier alpha value is -2.55. The summed E-state index contributed by atoms with van der Waals surface area (Å²) >= 11 is 7.48. The highest BCUT2D eigenvalue weighted by Crippen LogP contribution is 2.31. The minimum absolute atomic E-state index is 0.309. The van der Waals surface area contributed by atoms with Gasteiger partial charge in [0.1, 0.15) is 0 Å². The van der Waals surface area contributed by atoms with E-state index in [9.17, 15) is 9.59 Å². The Morgan fingerprint density at radius 3 is 2.57 bits per heavy atom. The molecule has 1 aromatic heterocycles. The first-order valence-corrected chi connectivity index (χ1v) is 11.0. The molecule has 0 spiro atoms. The van der Waals surface area contributed by atoms with E-state index in [1.807, 2.05) is 41.8 Å². The van der Waals surface area contributed by atoms with Crippen LogP contribution in [-0.4, -0.2) is 56.7 Å². The Morgan fingerprint density at radius 2 is 1.93 bits per heavy atom. The molecule has 0 radical (unpaired) electrons. The molecule has 2 amide bonds. The normalized spacial score (nSPS) is 20.0. The molecular formula is C21H23ClN4O3S. The van der Waals surface area contributed by atoms with Crippen molar-refractivity contribution in [2.75, 3.05) is 44.7 Å². The average Bonchev–Trinajstić information content (AvgIpc) is 3.29. The van der Waals surface area contributed by atoms with Gasteiger partial charge >= 0.3 is 12.0 Å². The quantitative estimate of drug-likeness (QED) is 0.691. The molecule has 0 aliphatic carbocycles. The highest BCUT2D eigenvalue weighted by Gasteiger charge is 2.35. The van der Waals surface area contributed by atoms with Crippen molar-refractivity contribution in [3.8, 4) is 0 Å². The van der Waals surface area contributed by atoms with Gasteiger partial charge in [-0.3, -0.25) is 4.90 Å². The molecule has 2 aromatic rings. The molecule has 30 heavy (non-hydrogen) atoms. The molecule has 1 aromatic carbocycles. The number of benzene rings is 1. The number of urea groups is 1. The van der Waals surface area contributed by atoms with Crippen molar-refractivity contribution in [1.82, 2.24) is 15.5 Å². The first-order chi connectivity index (χ1) is 14.5. The highest BCUT2D eigenvalue weighted by atomic mass is 35.5. The van der Waals surface area contributed by atoms with Gasteiger partial charge in [-0.25, -0.2) is 9.59 Å². The van der Waals surface area contributed by atoms with Gasteiger partial charge in [0.25, 0.3) is 0 Å². The third-order valence-corrected chi connectivity index (χ3v) is 6.52. The maximum atomic E-state index is 12.6. The lowest BCUT2D eigenvalue weighted by molar-refractivity contribution is -0.136. The van der Waals surface area contributed by atoms with E-state index >= 15 is 0 Å². The number of nitrogens with one attached hydrogen (secondary N) is 2. The number of carbonyl (C=O) groups excluding carboxylic acids is 2. The summed E-state index contributed by atoms with van der Waals surface area (Å²) in [7, 11) is 1.36. The number of hydrogen-bond acceptors (Lipinski definition) is 6. The van der Waals surface area contributed by atoms with Crippen LogP contribution in [0.15, 0.2) is 53.0 Å². The molecule has 1 atom stereocenters. The number of halogens is 1. The largest absolute Gasteiger partial charge is 0.466 e. The molecule has 2 aliphatic rings.